The van der Waals surface area contributed by atoms with Crippen molar-refractivity contribution in [3.05, 3.63) is 212 Å². The van der Waals surface area contributed by atoms with Crippen LogP contribution in [0.25, 0.3) is 0 Å². The lowest BCUT2D eigenvalue weighted by Gasteiger charge is -2.28. The highest BCUT2D eigenvalue weighted by atomic mass is 14.3. The molecule has 0 atom stereocenters. The minimum absolute atomic E-state index is 0.100. The van der Waals surface area contributed by atoms with Gasteiger partial charge in [0, 0.05) is 17.8 Å². The maximum absolute atomic E-state index is 2.48. The highest BCUT2D eigenvalue weighted by molar-refractivity contribution is 5.54. The van der Waals surface area contributed by atoms with Gasteiger partial charge < -0.3 is 0 Å². The van der Waals surface area contributed by atoms with Gasteiger partial charge in [0.2, 0.25) is 0 Å². The van der Waals surface area contributed by atoms with Crippen LogP contribution >= 0.6 is 0 Å². The van der Waals surface area contributed by atoms with Gasteiger partial charge in [-0.05, 0) is 83.0 Å². The predicted octanol–water partition coefficient (Wildman–Crippen LogP) is 13.4. The maximum atomic E-state index is 2.48. The molecule has 0 unspecified atom stereocenters. The summed E-state index contributed by atoms with van der Waals surface area (Å²) in [5, 5.41) is 0. The minimum atomic E-state index is 0.100. The summed E-state index contributed by atoms with van der Waals surface area (Å²) in [4.78, 5) is 0. The second-order valence-corrected chi connectivity index (χ2v) is 17.9. The van der Waals surface area contributed by atoms with Gasteiger partial charge in [-0.2, -0.15) is 0 Å². The van der Waals surface area contributed by atoms with Crippen LogP contribution in [0.15, 0.2) is 146 Å². The Bertz CT molecular complexity index is 1810. The summed E-state index contributed by atoms with van der Waals surface area (Å²) >= 11 is 0. The second kappa shape index (κ2) is 13.1. The molecule has 6 aromatic carbocycles. The van der Waals surface area contributed by atoms with Crippen molar-refractivity contribution in [2.24, 2.45) is 0 Å². The number of benzene rings is 6. The summed E-state index contributed by atoms with van der Waals surface area (Å²) in [6.07, 6.45) is 0. The van der Waals surface area contributed by atoms with Crippen molar-refractivity contribution in [2.75, 3.05) is 0 Å². The molecular formula is C51H54. The highest BCUT2D eigenvalue weighted by Gasteiger charge is 2.27. The Morgan fingerprint density at radius 3 is 0.627 bits per heavy atom. The molecule has 1 aliphatic carbocycles. The zero-order valence-corrected chi connectivity index (χ0v) is 32.1. The van der Waals surface area contributed by atoms with E-state index in [2.05, 4.69) is 208 Å². The fourth-order valence-electron chi connectivity index (χ4n) is 8.01. The van der Waals surface area contributed by atoms with Crippen molar-refractivity contribution >= 4 is 0 Å². The molecule has 0 heteroatoms. The van der Waals surface area contributed by atoms with Crippen LogP contribution in [-0.4, -0.2) is 0 Å². The van der Waals surface area contributed by atoms with E-state index in [4.69, 9.17) is 0 Å². The molecule has 0 nitrogen and oxygen atoms in total. The Kier molecular flexibility index (Phi) is 8.95. The third-order valence-electron chi connectivity index (χ3n) is 11.1. The molecule has 0 saturated heterocycles. The maximum Gasteiger partial charge on any atom is 0.0340 e. The van der Waals surface area contributed by atoms with Crippen LogP contribution in [-0.2, 0) is 16.2 Å². The van der Waals surface area contributed by atoms with Crippen molar-refractivity contribution in [1.82, 2.24) is 0 Å². The first-order valence-corrected chi connectivity index (χ1v) is 18.8. The van der Waals surface area contributed by atoms with Gasteiger partial charge in [0.1, 0.15) is 0 Å². The van der Waals surface area contributed by atoms with Crippen molar-refractivity contribution in [2.45, 2.75) is 96.3 Å². The van der Waals surface area contributed by atoms with E-state index in [0.29, 0.717) is 0 Å². The molecular weight excluding hydrogens is 613 g/mol. The van der Waals surface area contributed by atoms with Crippen molar-refractivity contribution in [3.8, 4) is 0 Å². The molecule has 0 fully saturated rings. The standard InChI is InChI=1S/C51H54/c1-49(2,3)43-25-19-34(20-26-43)46-37-13-10-15-39(31-37)47(35-21-27-44(28-22-35)50(4,5)6)41-17-12-18-42(33-41)48(40-16-11-14-38(46)32-40)36-23-29-45(30-24-36)51(7,8)9/h10-33,46-48H,1-9H3. The lowest BCUT2D eigenvalue weighted by molar-refractivity contribution is 0.589. The molecule has 6 aromatic rings. The molecule has 51 heavy (non-hydrogen) atoms. The molecule has 0 saturated carbocycles. The number of rotatable bonds is 3. The van der Waals surface area contributed by atoms with Crippen LogP contribution in [0.4, 0.5) is 0 Å². The molecule has 0 N–H and O–H groups in total. The van der Waals surface area contributed by atoms with E-state index in [9.17, 15) is 0 Å². The van der Waals surface area contributed by atoms with E-state index in [1.807, 2.05) is 0 Å². The van der Waals surface area contributed by atoms with Gasteiger partial charge in [-0.15, -0.1) is 0 Å². The van der Waals surface area contributed by atoms with Gasteiger partial charge in [0.05, 0.1) is 0 Å². The molecule has 0 aromatic heterocycles. The van der Waals surface area contributed by atoms with Crippen LogP contribution in [0.5, 0.6) is 0 Å². The molecule has 6 bridgehead atoms. The molecule has 0 spiro atoms. The summed E-state index contributed by atoms with van der Waals surface area (Å²) in [5.74, 6) is 0.304. The SMILES string of the molecule is CC(C)(C)c1ccc(C2c3cccc(c3)C(c3ccc(C(C)(C)C)cc3)c3cccc(c3)C(c3ccc(C(C)(C)C)cc3)c3cccc2c3)cc1. The van der Waals surface area contributed by atoms with Crippen LogP contribution in [0, 0.1) is 0 Å². The minimum Gasteiger partial charge on any atom is -0.0617 e. The Hall–Kier alpha value is -4.68. The molecule has 0 heterocycles. The first kappa shape index (κ1) is 34.8. The predicted molar refractivity (Wildman–Crippen MR) is 218 cm³/mol. The molecule has 7 rings (SSSR count). The van der Waals surface area contributed by atoms with E-state index in [1.54, 1.807) is 0 Å². The van der Waals surface area contributed by atoms with Gasteiger partial charge in [-0.1, -0.05) is 208 Å². The Labute approximate surface area is 307 Å². The summed E-state index contributed by atoms with van der Waals surface area (Å²) in [6, 6.07) is 56.5. The van der Waals surface area contributed by atoms with Crippen molar-refractivity contribution < 1.29 is 0 Å². The average Bonchev–Trinajstić information content (AvgIpc) is 3.09. The molecule has 258 valence electrons. The Morgan fingerprint density at radius 2 is 0.451 bits per heavy atom. The summed E-state index contributed by atoms with van der Waals surface area (Å²) in [7, 11) is 0. The van der Waals surface area contributed by atoms with E-state index < -0.39 is 0 Å². The second-order valence-electron chi connectivity index (χ2n) is 17.9. The first-order chi connectivity index (χ1) is 24.2. The number of hydrogen-bond acceptors (Lipinski definition) is 0. The fourth-order valence-corrected chi connectivity index (χ4v) is 8.01. The van der Waals surface area contributed by atoms with Crippen LogP contribution < -0.4 is 0 Å². The van der Waals surface area contributed by atoms with Gasteiger partial charge in [0.15, 0.2) is 0 Å². The topological polar surface area (TPSA) is 0 Å². The normalized spacial score (nSPS) is 17.7. The van der Waals surface area contributed by atoms with Crippen LogP contribution in [0.3, 0.4) is 0 Å². The van der Waals surface area contributed by atoms with E-state index >= 15 is 0 Å². The fraction of sp³-hybridized carbons (Fsp3) is 0.294. The zero-order valence-electron chi connectivity index (χ0n) is 32.1. The van der Waals surface area contributed by atoms with E-state index in [0.717, 1.165) is 0 Å². The third kappa shape index (κ3) is 7.12. The largest absolute Gasteiger partial charge is 0.0617 e. The van der Waals surface area contributed by atoms with Crippen molar-refractivity contribution in [1.29, 1.82) is 0 Å². The summed E-state index contributed by atoms with van der Waals surface area (Å²) in [5.41, 5.74) is 16.3. The van der Waals surface area contributed by atoms with Gasteiger partial charge >= 0.3 is 0 Å². The summed E-state index contributed by atoms with van der Waals surface area (Å²) in [6.45, 7) is 20.6. The smallest absolute Gasteiger partial charge is 0.0340 e. The number of fused-ring (bicyclic) bond motifs is 6. The van der Waals surface area contributed by atoms with Crippen molar-refractivity contribution in [3.63, 3.8) is 0 Å². The van der Waals surface area contributed by atoms with Crippen LogP contribution in [0.2, 0.25) is 0 Å². The highest BCUT2D eigenvalue weighted by Crippen LogP contribution is 2.43. The van der Waals surface area contributed by atoms with Gasteiger partial charge in [-0.3, -0.25) is 0 Å². The molecule has 0 amide bonds. The molecule has 1 aliphatic rings. The Morgan fingerprint density at radius 1 is 0.255 bits per heavy atom. The zero-order chi connectivity index (χ0) is 36.1. The van der Waals surface area contributed by atoms with Gasteiger partial charge in [0.25, 0.3) is 0 Å². The lowest BCUT2D eigenvalue weighted by atomic mass is 9.75. The van der Waals surface area contributed by atoms with E-state index in [1.165, 1.54) is 66.8 Å². The quantitative estimate of drug-likeness (QED) is 0.176. The average molecular weight is 667 g/mol. The van der Waals surface area contributed by atoms with Gasteiger partial charge in [-0.25, -0.2) is 0 Å². The summed E-state index contributed by atoms with van der Waals surface area (Å²) < 4.78 is 0. The monoisotopic (exact) mass is 666 g/mol. The molecule has 0 radical (unpaired) electrons. The third-order valence-corrected chi connectivity index (χ3v) is 11.1. The van der Waals surface area contributed by atoms with Crippen LogP contribution in [0.1, 0.15) is 147 Å². The number of hydrogen-bond donors (Lipinski definition) is 0. The first-order valence-electron chi connectivity index (χ1n) is 18.8. The van der Waals surface area contributed by atoms with E-state index in [-0.39, 0.29) is 34.0 Å². The molecule has 0 aliphatic heterocycles. The Balaban J connectivity index is 1.48. The lowest BCUT2D eigenvalue weighted by Crippen LogP contribution is -2.14.